The SMILES string of the molecule is CC(=O)N1C(N)=C(C#N)[C@H](c2ccc([N+](=O)[O-])cc2)C(C#N)=C1O. The average Bonchev–Trinajstić information content (AvgIpc) is 2.54. The number of amides is 1. The second-order valence-corrected chi connectivity index (χ2v) is 4.90. The van der Waals surface area contributed by atoms with Crippen molar-refractivity contribution in [1.29, 1.82) is 10.5 Å². The minimum absolute atomic E-state index is 0.103. The zero-order valence-corrected chi connectivity index (χ0v) is 12.4. The highest BCUT2D eigenvalue weighted by Crippen LogP contribution is 2.39. The third-order valence-corrected chi connectivity index (χ3v) is 3.54. The molecule has 1 atom stereocenters. The Morgan fingerprint density at radius 2 is 1.83 bits per heavy atom. The molecular formula is C15H11N5O4. The van der Waals surface area contributed by atoms with E-state index in [1.165, 1.54) is 24.3 Å². The van der Waals surface area contributed by atoms with Crippen molar-refractivity contribution in [2.75, 3.05) is 0 Å². The molecule has 9 heteroatoms. The summed E-state index contributed by atoms with van der Waals surface area (Å²) in [5, 5.41) is 39.7. The zero-order valence-electron chi connectivity index (χ0n) is 12.4. The van der Waals surface area contributed by atoms with Crippen LogP contribution in [0.4, 0.5) is 5.69 Å². The fourth-order valence-electron chi connectivity index (χ4n) is 2.45. The maximum Gasteiger partial charge on any atom is 0.269 e. The lowest BCUT2D eigenvalue weighted by Crippen LogP contribution is -2.38. The molecule has 0 bridgehead atoms. The van der Waals surface area contributed by atoms with Gasteiger partial charge in [-0.25, -0.2) is 4.90 Å². The number of non-ortho nitro benzene ring substituents is 1. The molecule has 0 saturated carbocycles. The van der Waals surface area contributed by atoms with Crippen LogP contribution in [-0.4, -0.2) is 20.8 Å². The molecule has 0 radical (unpaired) electrons. The van der Waals surface area contributed by atoms with Crippen LogP contribution in [0.3, 0.4) is 0 Å². The highest BCUT2D eigenvalue weighted by atomic mass is 16.6. The maximum atomic E-state index is 11.6. The van der Waals surface area contributed by atoms with Gasteiger partial charge in [-0.2, -0.15) is 10.5 Å². The molecule has 9 nitrogen and oxygen atoms in total. The number of aliphatic hydroxyl groups is 1. The smallest absolute Gasteiger partial charge is 0.269 e. The number of nitro groups is 1. The Morgan fingerprint density at radius 3 is 2.25 bits per heavy atom. The Balaban J connectivity index is 2.67. The van der Waals surface area contributed by atoms with Crippen LogP contribution in [0.25, 0.3) is 0 Å². The summed E-state index contributed by atoms with van der Waals surface area (Å²) in [5.41, 5.74) is 5.64. The fraction of sp³-hybridized carbons (Fsp3) is 0.133. The van der Waals surface area contributed by atoms with E-state index in [-0.39, 0.29) is 22.7 Å². The second-order valence-electron chi connectivity index (χ2n) is 4.90. The normalized spacial score (nSPS) is 17.3. The Bertz CT molecular complexity index is 833. The topological polar surface area (TPSA) is 157 Å². The van der Waals surface area contributed by atoms with Crippen molar-refractivity contribution >= 4 is 11.6 Å². The lowest BCUT2D eigenvalue weighted by atomic mass is 9.83. The lowest BCUT2D eigenvalue weighted by Gasteiger charge is -2.30. The molecule has 1 aliphatic heterocycles. The second kappa shape index (κ2) is 6.10. The molecule has 0 aromatic heterocycles. The van der Waals surface area contributed by atoms with Gasteiger partial charge in [-0.1, -0.05) is 12.1 Å². The molecule has 0 unspecified atom stereocenters. The van der Waals surface area contributed by atoms with Crippen LogP contribution in [0, 0.1) is 32.8 Å². The van der Waals surface area contributed by atoms with Crippen LogP contribution >= 0.6 is 0 Å². The summed E-state index contributed by atoms with van der Waals surface area (Å²) in [5.74, 6) is -2.63. The summed E-state index contributed by atoms with van der Waals surface area (Å²) in [6.07, 6.45) is 0. The van der Waals surface area contributed by atoms with Crippen LogP contribution in [0.15, 0.2) is 47.1 Å². The van der Waals surface area contributed by atoms with Gasteiger partial charge in [0.1, 0.15) is 17.5 Å². The van der Waals surface area contributed by atoms with E-state index in [9.17, 15) is 30.5 Å². The molecule has 1 heterocycles. The van der Waals surface area contributed by atoms with Crippen LogP contribution in [-0.2, 0) is 4.79 Å². The van der Waals surface area contributed by atoms with Crippen molar-refractivity contribution in [2.45, 2.75) is 12.8 Å². The number of nitriles is 2. The van der Waals surface area contributed by atoms with Crippen molar-refractivity contribution in [3.63, 3.8) is 0 Å². The molecule has 3 N–H and O–H groups in total. The monoisotopic (exact) mass is 325 g/mol. The lowest BCUT2D eigenvalue weighted by molar-refractivity contribution is -0.384. The number of allylic oxidation sites excluding steroid dienone is 2. The first-order valence-corrected chi connectivity index (χ1v) is 6.61. The number of hydrogen-bond acceptors (Lipinski definition) is 7. The van der Waals surface area contributed by atoms with Gasteiger partial charge < -0.3 is 10.8 Å². The van der Waals surface area contributed by atoms with Gasteiger partial charge in [0, 0.05) is 19.1 Å². The molecule has 2 rings (SSSR count). The minimum atomic E-state index is -1.02. The van der Waals surface area contributed by atoms with Crippen molar-refractivity contribution in [2.24, 2.45) is 5.73 Å². The molecule has 0 fully saturated rings. The van der Waals surface area contributed by atoms with Crippen molar-refractivity contribution in [1.82, 2.24) is 4.90 Å². The van der Waals surface area contributed by atoms with Gasteiger partial charge in [0.2, 0.25) is 11.8 Å². The third kappa shape index (κ3) is 2.51. The predicted octanol–water partition coefficient (Wildman–Crippen LogP) is 1.53. The molecule has 1 aromatic rings. The molecule has 1 aliphatic rings. The maximum absolute atomic E-state index is 11.6. The number of carbonyl (C=O) groups is 1. The summed E-state index contributed by atoms with van der Waals surface area (Å²) in [7, 11) is 0. The molecule has 1 amide bonds. The number of benzene rings is 1. The summed E-state index contributed by atoms with van der Waals surface area (Å²) in [4.78, 5) is 22.5. The Kier molecular flexibility index (Phi) is 4.20. The van der Waals surface area contributed by atoms with E-state index in [0.717, 1.165) is 6.92 Å². The first-order chi connectivity index (χ1) is 11.3. The predicted molar refractivity (Wildman–Crippen MR) is 80.5 cm³/mol. The fourth-order valence-corrected chi connectivity index (χ4v) is 2.45. The van der Waals surface area contributed by atoms with Crippen molar-refractivity contribution in [3.05, 3.63) is 62.8 Å². The Hall–Kier alpha value is -3.85. The first-order valence-electron chi connectivity index (χ1n) is 6.61. The van der Waals surface area contributed by atoms with E-state index in [0.29, 0.717) is 10.5 Å². The number of nitrogens with zero attached hydrogens (tertiary/aromatic N) is 4. The number of nitrogens with two attached hydrogens (primary N) is 1. The van der Waals surface area contributed by atoms with Gasteiger partial charge in [-0.05, 0) is 5.56 Å². The van der Waals surface area contributed by atoms with Crippen LogP contribution in [0.5, 0.6) is 0 Å². The Morgan fingerprint density at radius 1 is 1.29 bits per heavy atom. The quantitative estimate of drug-likeness (QED) is 0.616. The molecule has 0 aliphatic carbocycles. The summed E-state index contributed by atoms with van der Waals surface area (Å²) >= 11 is 0. The van der Waals surface area contributed by atoms with Gasteiger partial charge >= 0.3 is 0 Å². The largest absolute Gasteiger partial charge is 0.493 e. The van der Waals surface area contributed by atoms with Crippen LogP contribution in [0.2, 0.25) is 0 Å². The van der Waals surface area contributed by atoms with Crippen molar-refractivity contribution in [3.8, 4) is 12.1 Å². The Labute approximate surface area is 136 Å². The zero-order chi connectivity index (χ0) is 18.0. The van der Waals surface area contributed by atoms with E-state index < -0.39 is 22.6 Å². The van der Waals surface area contributed by atoms with E-state index in [2.05, 4.69) is 0 Å². The van der Waals surface area contributed by atoms with Gasteiger partial charge in [0.05, 0.1) is 22.5 Å². The van der Waals surface area contributed by atoms with Gasteiger partial charge in [0.25, 0.3) is 5.69 Å². The van der Waals surface area contributed by atoms with E-state index >= 15 is 0 Å². The molecule has 120 valence electrons. The number of nitro benzene ring substituents is 1. The van der Waals surface area contributed by atoms with Gasteiger partial charge in [-0.3, -0.25) is 14.9 Å². The number of aliphatic hydroxyl groups excluding tert-OH is 1. The molecule has 1 aromatic carbocycles. The van der Waals surface area contributed by atoms with E-state index in [1.807, 2.05) is 6.07 Å². The standard InChI is InChI=1S/C15H11N5O4/c1-8(21)19-14(18)11(6-16)13(12(7-17)15(19)22)9-2-4-10(5-3-9)20(23)24/h2-5,13,22H,18H2,1H3/t13-/m0/s1. The number of carbonyl (C=O) groups excluding carboxylic acids is 1. The van der Waals surface area contributed by atoms with Crippen LogP contribution in [0.1, 0.15) is 18.4 Å². The van der Waals surface area contributed by atoms with E-state index in [4.69, 9.17) is 5.73 Å². The molecule has 0 spiro atoms. The summed E-state index contributed by atoms with van der Waals surface area (Å²) < 4.78 is 0. The van der Waals surface area contributed by atoms with Gasteiger partial charge in [-0.15, -0.1) is 0 Å². The number of rotatable bonds is 2. The average molecular weight is 325 g/mol. The molecule has 24 heavy (non-hydrogen) atoms. The summed E-state index contributed by atoms with van der Waals surface area (Å²) in [6.45, 7) is 1.12. The molecular weight excluding hydrogens is 314 g/mol. The third-order valence-electron chi connectivity index (χ3n) is 3.54. The van der Waals surface area contributed by atoms with Gasteiger partial charge in [0.15, 0.2) is 0 Å². The van der Waals surface area contributed by atoms with Crippen molar-refractivity contribution < 1.29 is 14.8 Å². The minimum Gasteiger partial charge on any atom is -0.493 e. The highest BCUT2D eigenvalue weighted by molar-refractivity contribution is 5.79. The number of hydrogen-bond donors (Lipinski definition) is 2. The highest BCUT2D eigenvalue weighted by Gasteiger charge is 2.37. The van der Waals surface area contributed by atoms with Crippen LogP contribution < -0.4 is 5.73 Å². The first kappa shape index (κ1) is 16.5. The summed E-state index contributed by atoms with van der Waals surface area (Å²) in [6, 6.07) is 8.76. The molecule has 0 saturated heterocycles. The van der Waals surface area contributed by atoms with E-state index in [1.54, 1.807) is 6.07 Å².